The van der Waals surface area contributed by atoms with Crippen molar-refractivity contribution in [3.63, 3.8) is 0 Å². The first kappa shape index (κ1) is 12.5. The zero-order valence-corrected chi connectivity index (χ0v) is 11.5. The van der Waals surface area contributed by atoms with Gasteiger partial charge >= 0.3 is 0 Å². The lowest BCUT2D eigenvalue weighted by molar-refractivity contribution is -0.130. The van der Waals surface area contributed by atoms with Gasteiger partial charge in [-0.1, -0.05) is 18.2 Å². The number of aryl methyl sites for hydroxylation is 1. The van der Waals surface area contributed by atoms with Gasteiger partial charge in [0.15, 0.2) is 0 Å². The van der Waals surface area contributed by atoms with Crippen molar-refractivity contribution in [1.82, 2.24) is 4.90 Å². The molecule has 1 amide bonds. The van der Waals surface area contributed by atoms with E-state index in [-0.39, 0.29) is 0 Å². The van der Waals surface area contributed by atoms with Crippen LogP contribution in [0.2, 0.25) is 0 Å². The molecular weight excluding hydrogens is 238 g/mol. The Hall–Kier alpha value is -1.51. The van der Waals surface area contributed by atoms with Crippen molar-refractivity contribution in [3.05, 3.63) is 29.8 Å². The van der Waals surface area contributed by atoms with E-state index in [2.05, 4.69) is 0 Å². The maximum absolute atomic E-state index is 12.0. The zero-order chi connectivity index (χ0) is 13.2. The molecule has 2 fully saturated rings. The Morgan fingerprint density at radius 2 is 2.05 bits per heavy atom. The molecule has 0 aromatic heterocycles. The van der Waals surface area contributed by atoms with Crippen LogP contribution in [0.25, 0.3) is 0 Å². The molecule has 1 aliphatic heterocycles. The van der Waals surface area contributed by atoms with Crippen LogP contribution < -0.4 is 4.74 Å². The summed E-state index contributed by atoms with van der Waals surface area (Å²) in [6.45, 7) is 4.67. The molecule has 1 aromatic rings. The van der Waals surface area contributed by atoms with Gasteiger partial charge in [0.1, 0.15) is 5.75 Å². The summed E-state index contributed by atoms with van der Waals surface area (Å²) >= 11 is 0. The van der Waals surface area contributed by atoms with Crippen LogP contribution in [0.5, 0.6) is 5.75 Å². The quantitative estimate of drug-likeness (QED) is 0.761. The van der Waals surface area contributed by atoms with Gasteiger partial charge in [-0.25, -0.2) is 0 Å². The predicted octanol–water partition coefficient (Wildman–Crippen LogP) is 2.63. The molecule has 0 N–H and O–H groups in total. The van der Waals surface area contributed by atoms with Crippen molar-refractivity contribution in [2.75, 3.05) is 19.7 Å². The molecule has 1 aliphatic carbocycles. The molecule has 3 heteroatoms. The summed E-state index contributed by atoms with van der Waals surface area (Å²) in [5.74, 6) is 2.89. The van der Waals surface area contributed by atoms with Crippen molar-refractivity contribution < 1.29 is 9.53 Å². The Balaban J connectivity index is 1.36. The molecule has 0 spiro atoms. The van der Waals surface area contributed by atoms with E-state index in [1.54, 1.807) is 0 Å². The van der Waals surface area contributed by atoms with E-state index >= 15 is 0 Å². The molecule has 3 rings (SSSR count). The average Bonchev–Trinajstić information content (AvgIpc) is 3.03. The molecule has 1 saturated carbocycles. The first-order chi connectivity index (χ1) is 9.24. The molecule has 0 radical (unpaired) electrons. The summed E-state index contributed by atoms with van der Waals surface area (Å²) in [7, 11) is 0. The number of fused-ring (bicyclic) bond motifs is 1. The Labute approximate surface area is 114 Å². The van der Waals surface area contributed by atoms with Gasteiger partial charge in [0.25, 0.3) is 0 Å². The topological polar surface area (TPSA) is 29.5 Å². The van der Waals surface area contributed by atoms with Crippen LogP contribution in [0.15, 0.2) is 24.3 Å². The summed E-state index contributed by atoms with van der Waals surface area (Å²) in [6.07, 6.45) is 2.77. The van der Waals surface area contributed by atoms with Crippen LogP contribution in [-0.4, -0.2) is 30.5 Å². The highest BCUT2D eigenvalue weighted by atomic mass is 16.5. The minimum Gasteiger partial charge on any atom is -0.493 e. The SMILES string of the molecule is Cc1ccccc1OCCCC(=O)N1CC2CC2C1. The fourth-order valence-corrected chi connectivity index (χ4v) is 2.88. The summed E-state index contributed by atoms with van der Waals surface area (Å²) in [5, 5.41) is 0. The molecule has 102 valence electrons. The minimum absolute atomic E-state index is 0.306. The number of amides is 1. The van der Waals surface area contributed by atoms with Gasteiger partial charge in [0, 0.05) is 19.5 Å². The lowest BCUT2D eigenvalue weighted by Gasteiger charge is -2.17. The Kier molecular flexibility index (Phi) is 3.45. The minimum atomic E-state index is 0.306. The van der Waals surface area contributed by atoms with Crippen LogP contribution in [0, 0.1) is 18.8 Å². The molecule has 3 nitrogen and oxygen atoms in total. The van der Waals surface area contributed by atoms with Gasteiger partial charge < -0.3 is 9.64 Å². The molecule has 0 bridgehead atoms. The third-order valence-electron chi connectivity index (χ3n) is 4.22. The van der Waals surface area contributed by atoms with E-state index in [4.69, 9.17) is 4.74 Å². The largest absolute Gasteiger partial charge is 0.493 e. The number of carbonyl (C=O) groups is 1. The fraction of sp³-hybridized carbons (Fsp3) is 0.562. The summed E-state index contributed by atoms with van der Waals surface area (Å²) < 4.78 is 5.71. The molecule has 1 saturated heterocycles. The first-order valence-electron chi connectivity index (χ1n) is 7.20. The molecule has 1 heterocycles. The molecule has 2 atom stereocenters. The summed E-state index contributed by atoms with van der Waals surface area (Å²) in [6, 6.07) is 8.00. The van der Waals surface area contributed by atoms with Gasteiger partial charge in [-0.2, -0.15) is 0 Å². The van der Waals surface area contributed by atoms with Crippen molar-refractivity contribution in [2.45, 2.75) is 26.2 Å². The van der Waals surface area contributed by atoms with E-state index in [1.165, 1.54) is 6.42 Å². The van der Waals surface area contributed by atoms with Gasteiger partial charge in [0.05, 0.1) is 6.61 Å². The highest BCUT2D eigenvalue weighted by Crippen LogP contribution is 2.44. The summed E-state index contributed by atoms with van der Waals surface area (Å²) in [4.78, 5) is 14.0. The van der Waals surface area contributed by atoms with Crippen molar-refractivity contribution in [1.29, 1.82) is 0 Å². The predicted molar refractivity (Wildman–Crippen MR) is 74.1 cm³/mol. The molecule has 2 aliphatic rings. The number of likely N-dealkylation sites (tertiary alicyclic amines) is 1. The number of piperidine rings is 1. The van der Waals surface area contributed by atoms with Crippen LogP contribution >= 0.6 is 0 Å². The average molecular weight is 259 g/mol. The van der Waals surface area contributed by atoms with Crippen molar-refractivity contribution in [2.24, 2.45) is 11.8 Å². The van der Waals surface area contributed by atoms with E-state index in [9.17, 15) is 4.79 Å². The normalized spacial score (nSPS) is 24.2. The highest BCUT2D eigenvalue weighted by Gasteiger charge is 2.46. The molecule has 19 heavy (non-hydrogen) atoms. The Morgan fingerprint density at radius 1 is 1.32 bits per heavy atom. The van der Waals surface area contributed by atoms with Gasteiger partial charge in [-0.3, -0.25) is 4.79 Å². The smallest absolute Gasteiger partial charge is 0.222 e. The number of benzene rings is 1. The highest BCUT2D eigenvalue weighted by molar-refractivity contribution is 5.76. The van der Waals surface area contributed by atoms with Crippen LogP contribution in [0.1, 0.15) is 24.8 Å². The number of hydrogen-bond donors (Lipinski definition) is 0. The number of para-hydroxylation sites is 1. The molecule has 1 aromatic carbocycles. The second-order valence-electron chi connectivity index (χ2n) is 5.77. The van der Waals surface area contributed by atoms with E-state index < -0.39 is 0 Å². The maximum atomic E-state index is 12.0. The second kappa shape index (κ2) is 5.24. The number of nitrogens with zero attached hydrogens (tertiary/aromatic N) is 1. The van der Waals surface area contributed by atoms with Crippen molar-refractivity contribution >= 4 is 5.91 Å². The Bertz CT molecular complexity index is 462. The lowest BCUT2D eigenvalue weighted by Crippen LogP contribution is -2.30. The number of ether oxygens (including phenoxy) is 1. The number of rotatable bonds is 5. The lowest BCUT2D eigenvalue weighted by atomic mass is 10.2. The van der Waals surface area contributed by atoms with E-state index in [1.807, 2.05) is 36.1 Å². The standard InChI is InChI=1S/C16H21NO2/c1-12-5-2-3-6-15(12)19-8-4-7-16(18)17-10-13-9-14(13)11-17/h2-3,5-6,13-14H,4,7-11H2,1H3. The van der Waals surface area contributed by atoms with E-state index in [0.717, 1.165) is 42.7 Å². The molecular formula is C16H21NO2. The van der Waals surface area contributed by atoms with E-state index in [0.29, 0.717) is 18.9 Å². The maximum Gasteiger partial charge on any atom is 0.222 e. The molecule has 2 unspecified atom stereocenters. The monoisotopic (exact) mass is 259 g/mol. The Morgan fingerprint density at radius 3 is 2.79 bits per heavy atom. The van der Waals surface area contributed by atoms with Gasteiger partial charge in [-0.05, 0) is 43.2 Å². The third-order valence-corrected chi connectivity index (χ3v) is 4.22. The van der Waals surface area contributed by atoms with Crippen LogP contribution in [0.3, 0.4) is 0 Å². The van der Waals surface area contributed by atoms with Gasteiger partial charge in [-0.15, -0.1) is 0 Å². The second-order valence-corrected chi connectivity index (χ2v) is 5.77. The fourth-order valence-electron chi connectivity index (χ4n) is 2.88. The number of carbonyl (C=O) groups excluding carboxylic acids is 1. The third kappa shape index (κ3) is 2.91. The first-order valence-corrected chi connectivity index (χ1v) is 7.20. The number of hydrogen-bond acceptors (Lipinski definition) is 2. The zero-order valence-electron chi connectivity index (χ0n) is 11.5. The van der Waals surface area contributed by atoms with Crippen LogP contribution in [-0.2, 0) is 4.79 Å². The van der Waals surface area contributed by atoms with Gasteiger partial charge in [0.2, 0.25) is 5.91 Å². The summed E-state index contributed by atoms with van der Waals surface area (Å²) in [5.41, 5.74) is 1.15. The van der Waals surface area contributed by atoms with Crippen molar-refractivity contribution in [3.8, 4) is 5.75 Å². The van der Waals surface area contributed by atoms with Crippen LogP contribution in [0.4, 0.5) is 0 Å².